The predicted octanol–water partition coefficient (Wildman–Crippen LogP) is 0.915. The molecule has 3 N–H and O–H groups in total. The van der Waals surface area contributed by atoms with Gasteiger partial charge in [-0.3, -0.25) is 4.79 Å². The molecule has 0 aliphatic rings. The summed E-state index contributed by atoms with van der Waals surface area (Å²) >= 11 is 0. The monoisotopic (exact) mass is 233 g/mol. The molecule has 5 nitrogen and oxygen atoms in total. The van der Waals surface area contributed by atoms with Crippen LogP contribution in [0.1, 0.15) is 22.8 Å². The van der Waals surface area contributed by atoms with Crippen LogP contribution in [0.25, 0.3) is 0 Å². The quantitative estimate of drug-likeness (QED) is 0.822. The lowest BCUT2D eigenvalue weighted by atomic mass is 10.2. The molecule has 2 heterocycles. The molecule has 0 aliphatic heterocycles. The molecule has 0 bridgehead atoms. The molecule has 17 heavy (non-hydrogen) atoms. The largest absolute Gasteiger partial charge is 0.469 e. The predicted molar refractivity (Wildman–Crippen MR) is 63.6 cm³/mol. The molecule has 0 spiro atoms. The number of aromatic amines is 1. The van der Waals surface area contributed by atoms with Crippen molar-refractivity contribution >= 4 is 0 Å². The topological polar surface area (TPSA) is 84.9 Å². The second kappa shape index (κ2) is 4.97. The molecule has 2 rings (SSSR count). The van der Waals surface area contributed by atoms with E-state index in [1.165, 1.54) is 0 Å². The molecule has 0 unspecified atom stereocenters. The molecule has 0 fully saturated rings. The first kappa shape index (κ1) is 11.6. The van der Waals surface area contributed by atoms with Crippen LogP contribution in [-0.4, -0.2) is 9.97 Å². The average Bonchev–Trinajstić information content (AvgIpc) is 2.79. The third kappa shape index (κ3) is 2.62. The number of hydrogen-bond donors (Lipinski definition) is 2. The summed E-state index contributed by atoms with van der Waals surface area (Å²) in [6, 6.07) is 3.74. The zero-order valence-electron chi connectivity index (χ0n) is 9.69. The van der Waals surface area contributed by atoms with Crippen molar-refractivity contribution in [2.45, 2.75) is 26.3 Å². The van der Waals surface area contributed by atoms with Crippen LogP contribution in [0.5, 0.6) is 0 Å². The van der Waals surface area contributed by atoms with Gasteiger partial charge in [0.15, 0.2) is 0 Å². The van der Waals surface area contributed by atoms with E-state index in [0.29, 0.717) is 23.5 Å². The van der Waals surface area contributed by atoms with Gasteiger partial charge in [0.2, 0.25) is 0 Å². The number of hydrogen-bond acceptors (Lipinski definition) is 4. The molecule has 0 radical (unpaired) electrons. The highest BCUT2D eigenvalue weighted by molar-refractivity contribution is 5.16. The van der Waals surface area contributed by atoms with Crippen LogP contribution in [0.15, 0.2) is 27.6 Å². The zero-order valence-corrected chi connectivity index (χ0v) is 9.69. The zero-order chi connectivity index (χ0) is 12.3. The van der Waals surface area contributed by atoms with Crippen molar-refractivity contribution in [2.24, 2.45) is 5.73 Å². The van der Waals surface area contributed by atoms with Crippen molar-refractivity contribution in [1.29, 1.82) is 0 Å². The standard InChI is InChI=1S/C12H15N3O2/c1-8-10(7-13)12(16)15-11(14-8)5-4-9-3-2-6-17-9/h2-3,6H,4-5,7,13H2,1H3,(H,14,15,16). The van der Waals surface area contributed by atoms with Crippen molar-refractivity contribution in [2.75, 3.05) is 0 Å². The van der Waals surface area contributed by atoms with E-state index >= 15 is 0 Å². The van der Waals surface area contributed by atoms with E-state index in [1.54, 1.807) is 13.2 Å². The molecular weight excluding hydrogens is 218 g/mol. The van der Waals surface area contributed by atoms with Crippen molar-refractivity contribution in [3.05, 3.63) is 51.6 Å². The van der Waals surface area contributed by atoms with Crippen LogP contribution in [0.4, 0.5) is 0 Å². The SMILES string of the molecule is Cc1nc(CCc2ccco2)[nH]c(=O)c1CN. The maximum Gasteiger partial charge on any atom is 0.255 e. The van der Waals surface area contributed by atoms with E-state index in [1.807, 2.05) is 12.1 Å². The number of aromatic nitrogens is 2. The smallest absolute Gasteiger partial charge is 0.255 e. The summed E-state index contributed by atoms with van der Waals surface area (Å²) < 4.78 is 5.22. The van der Waals surface area contributed by atoms with Crippen molar-refractivity contribution in [1.82, 2.24) is 9.97 Å². The third-order valence-electron chi connectivity index (χ3n) is 2.66. The molecule has 0 aliphatic carbocycles. The first-order valence-corrected chi connectivity index (χ1v) is 5.52. The number of nitrogens with zero attached hydrogens (tertiary/aromatic N) is 1. The number of nitrogens with two attached hydrogens (primary N) is 1. The van der Waals surface area contributed by atoms with Crippen molar-refractivity contribution in [3.63, 3.8) is 0 Å². The van der Waals surface area contributed by atoms with Crippen LogP contribution in [0, 0.1) is 6.92 Å². The van der Waals surface area contributed by atoms with Gasteiger partial charge in [-0.2, -0.15) is 0 Å². The molecule has 0 saturated heterocycles. The Morgan fingerprint density at radius 1 is 1.47 bits per heavy atom. The van der Waals surface area contributed by atoms with E-state index in [0.717, 1.165) is 12.2 Å². The Hall–Kier alpha value is -1.88. The van der Waals surface area contributed by atoms with Crippen LogP contribution in [0.2, 0.25) is 0 Å². The Labute approximate surface area is 98.7 Å². The van der Waals surface area contributed by atoms with E-state index in [2.05, 4.69) is 9.97 Å². The lowest BCUT2D eigenvalue weighted by Gasteiger charge is -2.04. The van der Waals surface area contributed by atoms with Gasteiger partial charge in [-0.25, -0.2) is 4.98 Å². The van der Waals surface area contributed by atoms with Gasteiger partial charge in [0.1, 0.15) is 11.6 Å². The fraction of sp³-hybridized carbons (Fsp3) is 0.333. The Morgan fingerprint density at radius 3 is 2.88 bits per heavy atom. The number of rotatable bonds is 4. The first-order valence-electron chi connectivity index (χ1n) is 5.52. The van der Waals surface area contributed by atoms with Crippen LogP contribution in [0.3, 0.4) is 0 Å². The van der Waals surface area contributed by atoms with Gasteiger partial charge < -0.3 is 15.1 Å². The highest BCUT2D eigenvalue weighted by Crippen LogP contribution is 2.05. The number of aryl methyl sites for hydroxylation is 3. The Bertz CT molecular complexity index is 543. The van der Waals surface area contributed by atoms with Crippen LogP contribution < -0.4 is 11.3 Å². The summed E-state index contributed by atoms with van der Waals surface area (Å²) in [6.45, 7) is 2.01. The molecule has 0 aromatic carbocycles. The second-order valence-electron chi connectivity index (χ2n) is 3.86. The van der Waals surface area contributed by atoms with Gasteiger partial charge in [-0.1, -0.05) is 0 Å². The summed E-state index contributed by atoms with van der Waals surface area (Å²) in [5.41, 5.74) is 6.58. The van der Waals surface area contributed by atoms with E-state index < -0.39 is 0 Å². The minimum atomic E-state index is -0.144. The maximum absolute atomic E-state index is 11.7. The minimum absolute atomic E-state index is 0.144. The molecule has 90 valence electrons. The number of H-pyrrole nitrogens is 1. The van der Waals surface area contributed by atoms with E-state index in [9.17, 15) is 4.79 Å². The summed E-state index contributed by atoms with van der Waals surface area (Å²) in [6.07, 6.45) is 3.00. The normalized spacial score (nSPS) is 10.7. The van der Waals surface area contributed by atoms with Crippen molar-refractivity contribution in [3.8, 4) is 0 Å². The summed E-state index contributed by atoms with van der Waals surface area (Å²) in [5.74, 6) is 1.55. The van der Waals surface area contributed by atoms with Gasteiger partial charge in [0, 0.05) is 25.1 Å². The molecule has 0 amide bonds. The second-order valence-corrected chi connectivity index (χ2v) is 3.86. The van der Waals surface area contributed by atoms with E-state index in [4.69, 9.17) is 10.2 Å². The molecule has 0 saturated carbocycles. The van der Waals surface area contributed by atoms with Gasteiger partial charge in [0.25, 0.3) is 5.56 Å². The molecule has 2 aromatic heterocycles. The lowest BCUT2D eigenvalue weighted by Crippen LogP contribution is -2.21. The van der Waals surface area contributed by atoms with Crippen molar-refractivity contribution < 1.29 is 4.42 Å². The molecule has 0 atom stereocenters. The summed E-state index contributed by atoms with van der Waals surface area (Å²) in [5, 5.41) is 0. The van der Waals surface area contributed by atoms with E-state index in [-0.39, 0.29) is 12.1 Å². The highest BCUT2D eigenvalue weighted by atomic mass is 16.3. The fourth-order valence-electron chi connectivity index (χ4n) is 1.72. The van der Waals surface area contributed by atoms with Gasteiger partial charge in [0.05, 0.1) is 11.8 Å². The minimum Gasteiger partial charge on any atom is -0.469 e. The fourth-order valence-corrected chi connectivity index (χ4v) is 1.72. The van der Waals surface area contributed by atoms with Gasteiger partial charge in [-0.05, 0) is 19.1 Å². The van der Waals surface area contributed by atoms with Crippen LogP contribution >= 0.6 is 0 Å². The first-order chi connectivity index (χ1) is 8.20. The number of furan rings is 1. The number of nitrogens with one attached hydrogen (secondary N) is 1. The molecule has 5 heteroatoms. The van der Waals surface area contributed by atoms with Gasteiger partial charge in [-0.15, -0.1) is 0 Å². The maximum atomic E-state index is 11.7. The Balaban J connectivity index is 2.15. The summed E-state index contributed by atoms with van der Waals surface area (Å²) in [4.78, 5) is 18.7. The highest BCUT2D eigenvalue weighted by Gasteiger charge is 2.07. The molecule has 2 aromatic rings. The average molecular weight is 233 g/mol. The van der Waals surface area contributed by atoms with Gasteiger partial charge >= 0.3 is 0 Å². The molecular formula is C12H15N3O2. The van der Waals surface area contributed by atoms with Crippen LogP contribution in [-0.2, 0) is 19.4 Å². The third-order valence-corrected chi connectivity index (χ3v) is 2.66. The summed E-state index contributed by atoms with van der Waals surface area (Å²) in [7, 11) is 0. The Morgan fingerprint density at radius 2 is 2.29 bits per heavy atom. The lowest BCUT2D eigenvalue weighted by molar-refractivity contribution is 0.506. The Kier molecular flexibility index (Phi) is 3.39.